The summed E-state index contributed by atoms with van der Waals surface area (Å²) in [6, 6.07) is 0. The quantitative estimate of drug-likeness (QED) is 0.733. The van der Waals surface area contributed by atoms with E-state index in [1.165, 1.54) is 6.42 Å². The fraction of sp³-hybridized carbons (Fsp3) is 1.00. The first-order valence-corrected chi connectivity index (χ1v) is 5.92. The first-order valence-electron chi connectivity index (χ1n) is 5.92. The molecule has 1 fully saturated rings. The maximum Gasteiger partial charge on any atom is 0.0827 e. The average molecular weight is 200 g/mol. The summed E-state index contributed by atoms with van der Waals surface area (Å²) >= 11 is 0. The number of rotatable bonds is 3. The fourth-order valence-electron chi connectivity index (χ4n) is 2.46. The van der Waals surface area contributed by atoms with Crippen molar-refractivity contribution in [2.75, 3.05) is 0 Å². The Balaban J connectivity index is 2.45. The second-order valence-corrected chi connectivity index (χ2v) is 4.99. The Kier molecular flexibility index (Phi) is 4.39. The van der Waals surface area contributed by atoms with Crippen LogP contribution in [-0.2, 0) is 0 Å². The van der Waals surface area contributed by atoms with E-state index in [0.29, 0.717) is 18.3 Å². The van der Waals surface area contributed by atoms with Crippen LogP contribution >= 0.6 is 0 Å². The van der Waals surface area contributed by atoms with Gasteiger partial charge in [-0.05, 0) is 37.0 Å². The lowest BCUT2D eigenvalue weighted by Crippen LogP contribution is -2.37. The van der Waals surface area contributed by atoms with Gasteiger partial charge < -0.3 is 10.2 Å². The van der Waals surface area contributed by atoms with Crippen molar-refractivity contribution in [2.45, 2.75) is 58.7 Å². The Morgan fingerprint density at radius 1 is 1.14 bits per heavy atom. The molecular weight excluding hydrogens is 176 g/mol. The maximum atomic E-state index is 9.90. The molecule has 2 nitrogen and oxygen atoms in total. The van der Waals surface area contributed by atoms with Crippen LogP contribution < -0.4 is 0 Å². The summed E-state index contributed by atoms with van der Waals surface area (Å²) in [5, 5.41) is 19.5. The summed E-state index contributed by atoms with van der Waals surface area (Å²) in [5.41, 5.74) is 0. The second kappa shape index (κ2) is 5.13. The summed E-state index contributed by atoms with van der Waals surface area (Å²) < 4.78 is 0. The Morgan fingerprint density at radius 2 is 1.79 bits per heavy atom. The highest BCUT2D eigenvalue weighted by atomic mass is 16.3. The molecule has 84 valence electrons. The number of hydrogen-bond acceptors (Lipinski definition) is 2. The van der Waals surface area contributed by atoms with E-state index in [9.17, 15) is 10.2 Å². The van der Waals surface area contributed by atoms with E-state index in [-0.39, 0.29) is 0 Å². The normalized spacial score (nSPS) is 37.9. The fourth-order valence-corrected chi connectivity index (χ4v) is 2.46. The average Bonchev–Trinajstić information content (AvgIpc) is 2.20. The van der Waals surface area contributed by atoms with Gasteiger partial charge in [0.05, 0.1) is 12.2 Å². The topological polar surface area (TPSA) is 40.5 Å². The molecular formula is C12H24O2. The predicted octanol–water partition coefficient (Wildman–Crippen LogP) is 2.19. The van der Waals surface area contributed by atoms with Crippen LogP contribution in [0.4, 0.5) is 0 Å². The molecule has 0 aromatic heterocycles. The first kappa shape index (κ1) is 12.0. The largest absolute Gasteiger partial charge is 0.390 e. The maximum absolute atomic E-state index is 9.90. The molecule has 0 bridgehead atoms. The standard InChI is InChI=1S/C12H24O2/c1-4-11(13)12(14)10-6-5-8(2)9(3)7-10/h8-14H,4-7H2,1-3H3. The van der Waals surface area contributed by atoms with E-state index in [0.717, 1.165) is 18.8 Å². The molecule has 1 saturated carbocycles. The molecule has 1 aliphatic rings. The molecule has 0 aliphatic heterocycles. The molecule has 0 spiro atoms. The summed E-state index contributed by atoms with van der Waals surface area (Å²) in [6.45, 7) is 6.45. The van der Waals surface area contributed by atoms with Gasteiger partial charge in [-0.15, -0.1) is 0 Å². The van der Waals surface area contributed by atoms with E-state index < -0.39 is 12.2 Å². The van der Waals surface area contributed by atoms with Crippen molar-refractivity contribution in [1.82, 2.24) is 0 Å². The van der Waals surface area contributed by atoms with Gasteiger partial charge in [0, 0.05) is 0 Å². The number of aliphatic hydroxyl groups excluding tert-OH is 2. The third kappa shape index (κ3) is 2.71. The van der Waals surface area contributed by atoms with Crippen molar-refractivity contribution in [1.29, 1.82) is 0 Å². The van der Waals surface area contributed by atoms with Gasteiger partial charge in [0.2, 0.25) is 0 Å². The van der Waals surface area contributed by atoms with E-state index in [1.807, 2.05) is 6.92 Å². The summed E-state index contributed by atoms with van der Waals surface area (Å²) in [7, 11) is 0. The molecule has 1 rings (SSSR count). The van der Waals surface area contributed by atoms with Crippen LogP contribution in [0.2, 0.25) is 0 Å². The van der Waals surface area contributed by atoms with E-state index >= 15 is 0 Å². The zero-order chi connectivity index (χ0) is 10.7. The Labute approximate surface area is 87.3 Å². The van der Waals surface area contributed by atoms with E-state index in [1.54, 1.807) is 0 Å². The summed E-state index contributed by atoms with van der Waals surface area (Å²) in [5.74, 6) is 1.78. The molecule has 0 radical (unpaired) electrons. The van der Waals surface area contributed by atoms with Crippen LogP contribution in [0, 0.1) is 17.8 Å². The lowest BCUT2D eigenvalue weighted by atomic mass is 9.73. The molecule has 0 aromatic rings. The Bertz CT molecular complexity index is 170. The minimum absolute atomic E-state index is 0.316. The van der Waals surface area contributed by atoms with Crippen molar-refractivity contribution in [2.24, 2.45) is 17.8 Å². The molecule has 0 amide bonds. The zero-order valence-electron chi connectivity index (χ0n) is 9.61. The van der Waals surface area contributed by atoms with Crippen molar-refractivity contribution < 1.29 is 10.2 Å². The van der Waals surface area contributed by atoms with Gasteiger partial charge in [0.1, 0.15) is 0 Å². The predicted molar refractivity (Wildman–Crippen MR) is 58.0 cm³/mol. The van der Waals surface area contributed by atoms with E-state index in [4.69, 9.17) is 0 Å². The van der Waals surface area contributed by atoms with Crippen molar-refractivity contribution in [3.8, 4) is 0 Å². The molecule has 2 heteroatoms. The van der Waals surface area contributed by atoms with Crippen LogP contribution in [0.1, 0.15) is 46.5 Å². The van der Waals surface area contributed by atoms with Gasteiger partial charge in [-0.25, -0.2) is 0 Å². The van der Waals surface area contributed by atoms with Crippen LogP contribution in [-0.4, -0.2) is 22.4 Å². The molecule has 0 heterocycles. The summed E-state index contributed by atoms with van der Waals surface area (Å²) in [6.07, 6.45) is 2.96. The van der Waals surface area contributed by atoms with Gasteiger partial charge in [-0.1, -0.05) is 27.2 Å². The van der Waals surface area contributed by atoms with Gasteiger partial charge in [0.15, 0.2) is 0 Å². The molecule has 5 atom stereocenters. The van der Waals surface area contributed by atoms with Crippen LogP contribution in [0.3, 0.4) is 0 Å². The van der Waals surface area contributed by atoms with Gasteiger partial charge in [-0.3, -0.25) is 0 Å². The first-order chi connectivity index (χ1) is 6.56. The smallest absolute Gasteiger partial charge is 0.0827 e. The lowest BCUT2D eigenvalue weighted by molar-refractivity contribution is -0.0385. The van der Waals surface area contributed by atoms with Crippen molar-refractivity contribution >= 4 is 0 Å². The minimum atomic E-state index is -0.527. The van der Waals surface area contributed by atoms with Crippen LogP contribution in [0.15, 0.2) is 0 Å². The number of hydrogen-bond donors (Lipinski definition) is 2. The van der Waals surface area contributed by atoms with Crippen LogP contribution in [0.5, 0.6) is 0 Å². The third-order valence-electron chi connectivity index (χ3n) is 3.93. The number of aliphatic hydroxyl groups is 2. The SMILES string of the molecule is CCC(O)C(O)C1CCC(C)C(C)C1. The molecule has 1 aliphatic carbocycles. The van der Waals surface area contributed by atoms with Gasteiger partial charge >= 0.3 is 0 Å². The van der Waals surface area contributed by atoms with Crippen LogP contribution in [0.25, 0.3) is 0 Å². The monoisotopic (exact) mass is 200 g/mol. The highest BCUT2D eigenvalue weighted by Gasteiger charge is 2.31. The Morgan fingerprint density at radius 3 is 2.29 bits per heavy atom. The second-order valence-electron chi connectivity index (χ2n) is 4.99. The highest BCUT2D eigenvalue weighted by Crippen LogP contribution is 2.35. The highest BCUT2D eigenvalue weighted by molar-refractivity contribution is 4.82. The third-order valence-corrected chi connectivity index (χ3v) is 3.93. The minimum Gasteiger partial charge on any atom is -0.390 e. The molecule has 2 N–H and O–H groups in total. The van der Waals surface area contributed by atoms with Crippen molar-refractivity contribution in [3.63, 3.8) is 0 Å². The molecule has 0 aromatic carbocycles. The van der Waals surface area contributed by atoms with Gasteiger partial charge in [-0.2, -0.15) is 0 Å². The zero-order valence-corrected chi connectivity index (χ0v) is 9.61. The van der Waals surface area contributed by atoms with E-state index in [2.05, 4.69) is 13.8 Å². The Hall–Kier alpha value is -0.0800. The molecule has 0 saturated heterocycles. The molecule has 5 unspecified atom stereocenters. The lowest BCUT2D eigenvalue weighted by Gasteiger charge is -2.36. The van der Waals surface area contributed by atoms with Gasteiger partial charge in [0.25, 0.3) is 0 Å². The molecule has 14 heavy (non-hydrogen) atoms. The van der Waals surface area contributed by atoms with Crippen molar-refractivity contribution in [3.05, 3.63) is 0 Å². The summed E-state index contributed by atoms with van der Waals surface area (Å²) in [4.78, 5) is 0.